The van der Waals surface area contributed by atoms with Gasteiger partial charge in [-0.05, 0) is 30.5 Å². The van der Waals surface area contributed by atoms with E-state index in [2.05, 4.69) is 0 Å². The van der Waals surface area contributed by atoms with Crippen LogP contribution in [-0.4, -0.2) is 36.9 Å². The molecule has 3 rings (SSSR count). The molecule has 0 aromatic heterocycles. The molecule has 1 aliphatic carbocycles. The molecule has 2 aliphatic rings. The summed E-state index contributed by atoms with van der Waals surface area (Å²) in [5, 5.41) is 0. The number of carbonyl (C=O) groups is 2. The van der Waals surface area contributed by atoms with Crippen molar-refractivity contribution in [1.29, 1.82) is 0 Å². The first-order chi connectivity index (χ1) is 9.99. The van der Waals surface area contributed by atoms with Gasteiger partial charge in [0.15, 0.2) is 0 Å². The third-order valence-corrected chi connectivity index (χ3v) is 4.70. The summed E-state index contributed by atoms with van der Waals surface area (Å²) in [6.45, 7) is 0.491. The number of hydrogen-bond acceptors (Lipinski definition) is 4. The van der Waals surface area contributed by atoms with Crippen molar-refractivity contribution in [3.05, 3.63) is 29.8 Å². The molecule has 1 saturated heterocycles. The van der Waals surface area contributed by atoms with Gasteiger partial charge >= 0.3 is 0 Å². The van der Waals surface area contributed by atoms with Gasteiger partial charge in [0.2, 0.25) is 11.8 Å². The van der Waals surface area contributed by atoms with E-state index in [1.54, 1.807) is 0 Å². The summed E-state index contributed by atoms with van der Waals surface area (Å²) < 4.78 is 0. The largest absolute Gasteiger partial charge is 0.353 e. The summed E-state index contributed by atoms with van der Waals surface area (Å²) in [7, 11) is 1.53. The first-order valence-electron chi connectivity index (χ1n) is 7.43. The van der Waals surface area contributed by atoms with Crippen LogP contribution in [0, 0.1) is 0 Å². The van der Waals surface area contributed by atoms with Crippen LogP contribution < -0.4 is 10.6 Å². The maximum Gasteiger partial charge on any atom is 0.248 e. The van der Waals surface area contributed by atoms with E-state index in [0.29, 0.717) is 0 Å². The van der Waals surface area contributed by atoms with Crippen LogP contribution in [0.3, 0.4) is 0 Å². The molecule has 5 nitrogen and oxygen atoms in total. The summed E-state index contributed by atoms with van der Waals surface area (Å²) in [5.74, 6) is -0.331. The summed E-state index contributed by atoms with van der Waals surface area (Å²) in [4.78, 5) is 26.5. The molecular weight excluding hydrogens is 266 g/mol. The van der Waals surface area contributed by atoms with Crippen molar-refractivity contribution in [1.82, 2.24) is 4.90 Å². The molecule has 1 saturated carbocycles. The lowest BCUT2D eigenvalue weighted by molar-refractivity contribution is -0.143. The minimum Gasteiger partial charge on any atom is -0.353 e. The summed E-state index contributed by atoms with van der Waals surface area (Å²) >= 11 is 0. The summed E-state index contributed by atoms with van der Waals surface area (Å²) in [5.41, 5.74) is 8.29. The Balaban J connectivity index is 1.78. The van der Waals surface area contributed by atoms with Crippen LogP contribution in [0.4, 0.5) is 5.69 Å². The SMILES string of the molecule is CN1C(=O)CN(c2ccc(C3(N)CCCC3)cc2)CC1=O. The molecule has 1 aromatic carbocycles. The average molecular weight is 287 g/mol. The number of rotatable bonds is 2. The monoisotopic (exact) mass is 287 g/mol. The summed E-state index contributed by atoms with van der Waals surface area (Å²) in [6.07, 6.45) is 4.41. The zero-order valence-corrected chi connectivity index (χ0v) is 12.3. The highest BCUT2D eigenvalue weighted by Gasteiger charge is 2.32. The van der Waals surface area contributed by atoms with Gasteiger partial charge in [-0.3, -0.25) is 14.5 Å². The number of hydrogen-bond donors (Lipinski definition) is 1. The van der Waals surface area contributed by atoms with Crippen molar-refractivity contribution in [3.8, 4) is 0 Å². The van der Waals surface area contributed by atoms with Gasteiger partial charge in [0.25, 0.3) is 0 Å². The Morgan fingerprint density at radius 1 is 1.00 bits per heavy atom. The molecule has 0 atom stereocenters. The molecular formula is C16H21N3O2. The van der Waals surface area contributed by atoms with E-state index in [1.165, 1.54) is 24.8 Å². The summed E-state index contributed by atoms with van der Waals surface area (Å²) in [6, 6.07) is 8.00. The first kappa shape index (κ1) is 14.1. The van der Waals surface area contributed by atoms with Gasteiger partial charge < -0.3 is 10.6 Å². The molecule has 1 aliphatic heterocycles. The van der Waals surface area contributed by atoms with Crippen LogP contribution in [0.25, 0.3) is 0 Å². The first-order valence-corrected chi connectivity index (χ1v) is 7.43. The molecule has 21 heavy (non-hydrogen) atoms. The number of imide groups is 1. The Bertz CT molecular complexity index is 543. The lowest BCUT2D eigenvalue weighted by Gasteiger charge is -2.32. The van der Waals surface area contributed by atoms with Crippen molar-refractivity contribution < 1.29 is 9.59 Å². The molecule has 1 aromatic rings. The molecule has 5 heteroatoms. The number of nitrogens with two attached hydrogens (primary N) is 1. The fraction of sp³-hybridized carbons (Fsp3) is 0.500. The predicted octanol–water partition coefficient (Wildman–Crippen LogP) is 1.22. The number of carbonyl (C=O) groups excluding carboxylic acids is 2. The topological polar surface area (TPSA) is 66.6 Å². The highest BCUT2D eigenvalue weighted by molar-refractivity contribution is 6.02. The lowest BCUT2D eigenvalue weighted by Crippen LogP contribution is -2.52. The van der Waals surface area contributed by atoms with Gasteiger partial charge in [-0.2, -0.15) is 0 Å². The second kappa shape index (κ2) is 5.15. The van der Waals surface area contributed by atoms with Crippen LogP contribution in [-0.2, 0) is 15.1 Å². The maximum atomic E-state index is 11.8. The Morgan fingerprint density at radius 2 is 1.52 bits per heavy atom. The van der Waals surface area contributed by atoms with Gasteiger partial charge in [0.1, 0.15) is 0 Å². The number of piperazine rings is 1. The fourth-order valence-corrected chi connectivity index (χ4v) is 3.21. The predicted molar refractivity (Wildman–Crippen MR) is 80.8 cm³/mol. The van der Waals surface area contributed by atoms with Gasteiger partial charge in [0.05, 0.1) is 13.1 Å². The van der Waals surface area contributed by atoms with Crippen molar-refractivity contribution in [2.75, 3.05) is 25.0 Å². The van der Waals surface area contributed by atoms with Crippen LogP contribution in [0.5, 0.6) is 0 Å². The third-order valence-electron chi connectivity index (χ3n) is 4.70. The van der Waals surface area contributed by atoms with E-state index in [4.69, 9.17) is 5.73 Å². The molecule has 112 valence electrons. The van der Waals surface area contributed by atoms with E-state index in [1.807, 2.05) is 29.2 Å². The molecule has 1 heterocycles. The zero-order chi connectivity index (χ0) is 15.0. The zero-order valence-electron chi connectivity index (χ0n) is 12.3. The lowest BCUT2D eigenvalue weighted by atomic mass is 9.89. The Kier molecular flexibility index (Phi) is 3.45. The van der Waals surface area contributed by atoms with E-state index >= 15 is 0 Å². The standard InChI is InChI=1S/C16H21N3O2/c1-18-14(20)10-19(11-15(18)21)13-6-4-12(5-7-13)16(17)8-2-3-9-16/h4-7H,2-3,8-11,17H2,1H3. The second-order valence-electron chi connectivity index (χ2n) is 6.11. The van der Waals surface area contributed by atoms with Crippen molar-refractivity contribution in [3.63, 3.8) is 0 Å². The molecule has 0 spiro atoms. The van der Waals surface area contributed by atoms with Crippen LogP contribution >= 0.6 is 0 Å². The fourth-order valence-electron chi connectivity index (χ4n) is 3.21. The van der Waals surface area contributed by atoms with Gasteiger partial charge in [-0.25, -0.2) is 0 Å². The van der Waals surface area contributed by atoms with Crippen LogP contribution in [0.1, 0.15) is 31.2 Å². The molecule has 0 radical (unpaired) electrons. The molecule has 0 bridgehead atoms. The Hall–Kier alpha value is -1.88. The van der Waals surface area contributed by atoms with Crippen molar-refractivity contribution in [2.24, 2.45) is 5.73 Å². The minimum absolute atomic E-state index is 0.165. The molecule has 2 amide bonds. The van der Waals surface area contributed by atoms with E-state index in [9.17, 15) is 9.59 Å². The number of nitrogens with zero attached hydrogens (tertiary/aromatic N) is 2. The van der Waals surface area contributed by atoms with Crippen LogP contribution in [0.15, 0.2) is 24.3 Å². The van der Waals surface area contributed by atoms with Crippen molar-refractivity contribution >= 4 is 17.5 Å². The quantitative estimate of drug-likeness (QED) is 0.831. The Labute approximate surface area is 124 Å². The smallest absolute Gasteiger partial charge is 0.248 e. The van der Waals surface area contributed by atoms with E-state index in [0.717, 1.165) is 24.1 Å². The van der Waals surface area contributed by atoms with Gasteiger partial charge in [0, 0.05) is 18.3 Å². The van der Waals surface area contributed by atoms with E-state index in [-0.39, 0.29) is 30.4 Å². The Morgan fingerprint density at radius 3 is 2.05 bits per heavy atom. The highest BCUT2D eigenvalue weighted by atomic mass is 16.2. The number of likely N-dealkylation sites (N-methyl/N-ethyl adjacent to an activating group) is 1. The minimum atomic E-state index is -0.202. The van der Waals surface area contributed by atoms with Gasteiger partial charge in [-0.15, -0.1) is 0 Å². The maximum absolute atomic E-state index is 11.8. The van der Waals surface area contributed by atoms with Crippen molar-refractivity contribution in [2.45, 2.75) is 31.2 Å². The molecule has 0 unspecified atom stereocenters. The van der Waals surface area contributed by atoms with Gasteiger partial charge in [-0.1, -0.05) is 25.0 Å². The number of amides is 2. The highest BCUT2D eigenvalue weighted by Crippen LogP contribution is 2.36. The van der Waals surface area contributed by atoms with Crippen LogP contribution in [0.2, 0.25) is 0 Å². The molecule has 2 fully saturated rings. The number of anilines is 1. The second-order valence-corrected chi connectivity index (χ2v) is 6.11. The normalized spacial score (nSPS) is 22.0. The molecule has 2 N–H and O–H groups in total. The number of benzene rings is 1. The third kappa shape index (κ3) is 2.53. The van der Waals surface area contributed by atoms with E-state index < -0.39 is 0 Å². The average Bonchev–Trinajstić information content (AvgIpc) is 2.92.